The highest BCUT2D eigenvalue weighted by atomic mass is 14.4. The molecular formula is C15H30. The lowest BCUT2D eigenvalue weighted by molar-refractivity contribution is 0.652. The van der Waals surface area contributed by atoms with Crippen molar-refractivity contribution in [2.24, 2.45) is 16.2 Å². The third-order valence-electron chi connectivity index (χ3n) is 3.75. The molecule has 0 aromatic heterocycles. The average molecular weight is 210 g/mol. The van der Waals surface area contributed by atoms with Crippen molar-refractivity contribution >= 4 is 0 Å². The summed E-state index contributed by atoms with van der Waals surface area (Å²) in [5.41, 5.74) is 2.25. The summed E-state index contributed by atoms with van der Waals surface area (Å²) in [6, 6.07) is 0. The van der Waals surface area contributed by atoms with Gasteiger partial charge in [0, 0.05) is 0 Å². The van der Waals surface area contributed by atoms with Crippen molar-refractivity contribution < 1.29 is 0 Å². The van der Waals surface area contributed by atoms with Crippen LogP contribution in [0.1, 0.15) is 80.1 Å². The Balaban J connectivity index is 0.000000112. The predicted octanol–water partition coefficient (Wildman–Crippen LogP) is 5.42. The van der Waals surface area contributed by atoms with Gasteiger partial charge in [0.1, 0.15) is 0 Å². The summed E-state index contributed by atoms with van der Waals surface area (Å²) in [5, 5.41) is 0. The topological polar surface area (TPSA) is 0 Å². The van der Waals surface area contributed by atoms with Crippen LogP contribution >= 0.6 is 0 Å². The van der Waals surface area contributed by atoms with E-state index in [4.69, 9.17) is 0 Å². The Morgan fingerprint density at radius 1 is 0.400 bits per heavy atom. The molecule has 0 amide bonds. The second-order valence-corrected chi connectivity index (χ2v) is 7.99. The van der Waals surface area contributed by atoms with Crippen LogP contribution in [0.25, 0.3) is 0 Å². The van der Waals surface area contributed by atoms with Crippen LogP contribution in [-0.4, -0.2) is 0 Å². The van der Waals surface area contributed by atoms with E-state index in [1.807, 2.05) is 0 Å². The first-order valence-electron chi connectivity index (χ1n) is 6.62. The molecule has 0 unspecified atom stereocenters. The smallest absolute Gasteiger partial charge is 0.0354 e. The van der Waals surface area contributed by atoms with E-state index in [1.165, 1.54) is 38.5 Å². The SMILES string of the molecule is CC1(C)CC1.CC1(C)CC1.CC1(C)CC1. The summed E-state index contributed by atoms with van der Waals surface area (Å²) in [6.07, 6.45) is 8.71. The zero-order chi connectivity index (χ0) is 11.7. The molecule has 3 saturated carbocycles. The van der Waals surface area contributed by atoms with Gasteiger partial charge in [0.15, 0.2) is 0 Å². The van der Waals surface area contributed by atoms with Gasteiger partial charge in [-0.05, 0) is 54.8 Å². The molecule has 0 heterocycles. The molecule has 0 spiro atoms. The second-order valence-electron chi connectivity index (χ2n) is 7.99. The molecule has 0 atom stereocenters. The zero-order valence-electron chi connectivity index (χ0n) is 11.7. The summed E-state index contributed by atoms with van der Waals surface area (Å²) in [6.45, 7) is 13.8. The largest absolute Gasteiger partial charge is 0.0599 e. The summed E-state index contributed by atoms with van der Waals surface area (Å²) in [4.78, 5) is 0. The molecule has 0 aromatic rings. The van der Waals surface area contributed by atoms with Crippen LogP contribution in [0.4, 0.5) is 0 Å². The van der Waals surface area contributed by atoms with Gasteiger partial charge in [0.2, 0.25) is 0 Å². The maximum Gasteiger partial charge on any atom is -0.0354 e. The fourth-order valence-electron chi connectivity index (χ4n) is 0.750. The zero-order valence-corrected chi connectivity index (χ0v) is 11.7. The van der Waals surface area contributed by atoms with E-state index in [0.29, 0.717) is 0 Å². The van der Waals surface area contributed by atoms with Gasteiger partial charge in [-0.1, -0.05) is 41.5 Å². The quantitative estimate of drug-likeness (QED) is 0.501. The standard InChI is InChI=1S/3C5H10/c3*1-5(2)3-4-5/h3*3-4H2,1-2H3. The molecule has 0 heteroatoms. The normalized spacial score (nSPS) is 30.0. The molecule has 3 aliphatic rings. The van der Waals surface area contributed by atoms with E-state index < -0.39 is 0 Å². The van der Waals surface area contributed by atoms with E-state index in [9.17, 15) is 0 Å². The number of hydrogen-bond donors (Lipinski definition) is 0. The highest BCUT2D eigenvalue weighted by Crippen LogP contribution is 2.44. The first-order chi connectivity index (χ1) is 6.62. The molecule has 0 aliphatic heterocycles. The van der Waals surface area contributed by atoms with Crippen molar-refractivity contribution in [2.45, 2.75) is 80.1 Å². The molecular weight excluding hydrogens is 180 g/mol. The van der Waals surface area contributed by atoms with Crippen LogP contribution in [0, 0.1) is 16.2 Å². The first-order valence-corrected chi connectivity index (χ1v) is 6.62. The van der Waals surface area contributed by atoms with Crippen LogP contribution in [-0.2, 0) is 0 Å². The molecule has 0 N–H and O–H groups in total. The Labute approximate surface area is 96.8 Å². The lowest BCUT2D eigenvalue weighted by Gasteiger charge is -1.86. The Hall–Kier alpha value is 0. The maximum absolute atomic E-state index is 2.30. The molecule has 3 rings (SSSR count). The number of rotatable bonds is 0. The highest BCUT2D eigenvalue weighted by molar-refractivity contribution is 4.83. The number of hydrogen-bond acceptors (Lipinski definition) is 0. The van der Waals surface area contributed by atoms with Crippen molar-refractivity contribution in [1.29, 1.82) is 0 Å². The Morgan fingerprint density at radius 2 is 0.467 bits per heavy atom. The van der Waals surface area contributed by atoms with Crippen molar-refractivity contribution in [3.8, 4) is 0 Å². The minimum Gasteiger partial charge on any atom is -0.0599 e. The minimum absolute atomic E-state index is 0.750. The van der Waals surface area contributed by atoms with E-state index in [1.54, 1.807) is 0 Å². The maximum atomic E-state index is 2.30. The molecule has 0 radical (unpaired) electrons. The highest BCUT2D eigenvalue weighted by Gasteiger charge is 2.31. The molecule has 0 aromatic carbocycles. The summed E-state index contributed by atoms with van der Waals surface area (Å²) in [5.74, 6) is 0. The lowest BCUT2D eigenvalue weighted by Crippen LogP contribution is -1.75. The Morgan fingerprint density at radius 3 is 0.467 bits per heavy atom. The van der Waals surface area contributed by atoms with Gasteiger partial charge < -0.3 is 0 Å². The van der Waals surface area contributed by atoms with Crippen LogP contribution in [0.3, 0.4) is 0 Å². The average Bonchev–Trinajstić information content (AvgIpc) is 2.95. The summed E-state index contributed by atoms with van der Waals surface area (Å²) >= 11 is 0. The minimum atomic E-state index is 0.750. The predicted molar refractivity (Wildman–Crippen MR) is 69.0 cm³/mol. The van der Waals surface area contributed by atoms with Gasteiger partial charge >= 0.3 is 0 Å². The summed E-state index contributed by atoms with van der Waals surface area (Å²) in [7, 11) is 0. The van der Waals surface area contributed by atoms with Crippen molar-refractivity contribution in [3.63, 3.8) is 0 Å². The monoisotopic (exact) mass is 210 g/mol. The van der Waals surface area contributed by atoms with Gasteiger partial charge in [-0.2, -0.15) is 0 Å². The third-order valence-corrected chi connectivity index (χ3v) is 3.75. The summed E-state index contributed by atoms with van der Waals surface area (Å²) < 4.78 is 0. The lowest BCUT2D eigenvalue weighted by atomic mass is 10.2. The molecule has 15 heavy (non-hydrogen) atoms. The van der Waals surface area contributed by atoms with Crippen LogP contribution in [0.2, 0.25) is 0 Å². The molecule has 0 saturated heterocycles. The van der Waals surface area contributed by atoms with E-state index in [-0.39, 0.29) is 0 Å². The van der Waals surface area contributed by atoms with E-state index >= 15 is 0 Å². The van der Waals surface area contributed by atoms with Gasteiger partial charge in [-0.3, -0.25) is 0 Å². The molecule has 0 nitrogen and oxygen atoms in total. The fraction of sp³-hybridized carbons (Fsp3) is 1.00. The second kappa shape index (κ2) is 4.11. The van der Waals surface area contributed by atoms with Crippen molar-refractivity contribution in [1.82, 2.24) is 0 Å². The van der Waals surface area contributed by atoms with E-state index in [2.05, 4.69) is 41.5 Å². The van der Waals surface area contributed by atoms with Crippen LogP contribution in [0.15, 0.2) is 0 Å². The van der Waals surface area contributed by atoms with Crippen molar-refractivity contribution in [3.05, 3.63) is 0 Å². The van der Waals surface area contributed by atoms with Gasteiger partial charge in [-0.15, -0.1) is 0 Å². The molecule has 3 aliphatic carbocycles. The van der Waals surface area contributed by atoms with Crippen LogP contribution in [0.5, 0.6) is 0 Å². The van der Waals surface area contributed by atoms with Crippen LogP contribution < -0.4 is 0 Å². The molecule has 90 valence electrons. The van der Waals surface area contributed by atoms with Gasteiger partial charge in [-0.25, -0.2) is 0 Å². The molecule has 3 fully saturated rings. The Bertz CT molecular complexity index is 152. The van der Waals surface area contributed by atoms with Gasteiger partial charge in [0.25, 0.3) is 0 Å². The van der Waals surface area contributed by atoms with E-state index in [0.717, 1.165) is 16.2 Å². The third kappa shape index (κ3) is 8.96. The first kappa shape index (κ1) is 13.1. The van der Waals surface area contributed by atoms with Gasteiger partial charge in [0.05, 0.1) is 0 Å². The van der Waals surface area contributed by atoms with Crippen molar-refractivity contribution in [2.75, 3.05) is 0 Å². The fourth-order valence-corrected chi connectivity index (χ4v) is 0.750. The Kier molecular flexibility index (Phi) is 3.58. The molecule has 0 bridgehead atoms.